The fourth-order valence-electron chi connectivity index (χ4n) is 3.21. The summed E-state index contributed by atoms with van der Waals surface area (Å²) in [5.41, 5.74) is 1.15. The van der Waals surface area contributed by atoms with Crippen molar-refractivity contribution < 1.29 is 0 Å². The summed E-state index contributed by atoms with van der Waals surface area (Å²) in [6, 6.07) is 2.48. The summed E-state index contributed by atoms with van der Waals surface area (Å²) in [6.45, 7) is 2.99. The molecule has 1 aromatic rings. The van der Waals surface area contributed by atoms with Crippen molar-refractivity contribution in [3.05, 3.63) is 18.0 Å². The molecule has 1 saturated carbocycles. The fourth-order valence-corrected chi connectivity index (χ4v) is 3.21. The summed E-state index contributed by atoms with van der Waals surface area (Å²) in [7, 11) is 3.78. The predicted molar refractivity (Wildman–Crippen MR) is 107 cm³/mol. The molecule has 2 N–H and O–H groups in total. The van der Waals surface area contributed by atoms with Crippen molar-refractivity contribution in [1.29, 1.82) is 0 Å². The minimum absolute atomic E-state index is 0. The van der Waals surface area contributed by atoms with Crippen molar-refractivity contribution in [2.24, 2.45) is 18.0 Å². The summed E-state index contributed by atoms with van der Waals surface area (Å²) >= 11 is 0. The van der Waals surface area contributed by atoms with Crippen LogP contribution >= 0.6 is 24.0 Å². The maximum Gasteiger partial charge on any atom is 0.191 e. The summed E-state index contributed by atoms with van der Waals surface area (Å²) < 4.78 is 1.88. The number of nitrogens with zero attached hydrogens (tertiary/aromatic N) is 3. The van der Waals surface area contributed by atoms with Gasteiger partial charge >= 0.3 is 0 Å². The molecule has 1 aliphatic carbocycles. The molecule has 0 saturated heterocycles. The highest BCUT2D eigenvalue weighted by atomic mass is 127. The lowest BCUT2D eigenvalue weighted by Gasteiger charge is -2.24. The first kappa shape index (κ1) is 20.3. The molecule has 6 heteroatoms. The zero-order valence-corrected chi connectivity index (χ0v) is 17.0. The van der Waals surface area contributed by atoms with E-state index in [-0.39, 0.29) is 24.0 Å². The van der Waals surface area contributed by atoms with Crippen LogP contribution in [0.5, 0.6) is 0 Å². The molecular weight excluding hydrogens is 401 g/mol. The van der Waals surface area contributed by atoms with E-state index in [4.69, 9.17) is 0 Å². The molecule has 23 heavy (non-hydrogen) atoms. The molecule has 5 nitrogen and oxygen atoms in total. The number of hydrogen-bond acceptors (Lipinski definition) is 2. The molecule has 1 unspecified atom stereocenters. The zero-order valence-electron chi connectivity index (χ0n) is 14.7. The van der Waals surface area contributed by atoms with Crippen molar-refractivity contribution in [1.82, 2.24) is 20.4 Å². The van der Waals surface area contributed by atoms with Gasteiger partial charge in [-0.05, 0) is 31.7 Å². The van der Waals surface area contributed by atoms with Gasteiger partial charge in [0.2, 0.25) is 0 Å². The van der Waals surface area contributed by atoms with Gasteiger partial charge in [0.05, 0.1) is 12.2 Å². The van der Waals surface area contributed by atoms with Crippen molar-refractivity contribution in [2.75, 3.05) is 7.05 Å². The highest BCUT2D eigenvalue weighted by Crippen LogP contribution is 2.27. The number of halogens is 1. The summed E-state index contributed by atoms with van der Waals surface area (Å²) in [4.78, 5) is 4.32. The molecule has 0 spiro atoms. The van der Waals surface area contributed by atoms with Crippen LogP contribution in [0.1, 0.15) is 57.6 Å². The van der Waals surface area contributed by atoms with E-state index in [1.165, 1.54) is 44.9 Å². The van der Waals surface area contributed by atoms with Crippen LogP contribution in [-0.4, -0.2) is 28.8 Å². The smallest absolute Gasteiger partial charge is 0.191 e. The van der Waals surface area contributed by atoms with Gasteiger partial charge < -0.3 is 10.6 Å². The first-order valence-corrected chi connectivity index (χ1v) is 8.63. The number of aryl methyl sites for hydroxylation is 1. The first-order chi connectivity index (χ1) is 10.7. The number of nitrogens with one attached hydrogen (secondary N) is 2. The van der Waals surface area contributed by atoms with Crippen LogP contribution in [0, 0.1) is 5.92 Å². The Kier molecular flexibility index (Phi) is 9.59. The molecule has 0 aliphatic heterocycles. The van der Waals surface area contributed by atoms with Gasteiger partial charge in [0.25, 0.3) is 0 Å². The molecule has 0 aromatic carbocycles. The molecule has 0 radical (unpaired) electrons. The van der Waals surface area contributed by atoms with Gasteiger partial charge in [-0.1, -0.05) is 32.1 Å². The van der Waals surface area contributed by atoms with Crippen LogP contribution in [0.25, 0.3) is 0 Å². The molecule has 0 amide bonds. The highest BCUT2D eigenvalue weighted by molar-refractivity contribution is 14.0. The van der Waals surface area contributed by atoms with E-state index in [9.17, 15) is 0 Å². The lowest BCUT2D eigenvalue weighted by molar-refractivity contribution is 0.322. The largest absolute Gasteiger partial charge is 0.354 e. The maximum atomic E-state index is 4.32. The van der Waals surface area contributed by atoms with Crippen molar-refractivity contribution >= 4 is 29.9 Å². The first-order valence-electron chi connectivity index (χ1n) is 8.63. The molecule has 1 atom stereocenters. The van der Waals surface area contributed by atoms with Gasteiger partial charge in [-0.25, -0.2) is 0 Å². The molecule has 0 bridgehead atoms. The van der Waals surface area contributed by atoms with E-state index >= 15 is 0 Å². The quantitative estimate of drug-likeness (QED) is 0.411. The van der Waals surface area contributed by atoms with E-state index < -0.39 is 0 Å². The molecule has 132 valence electrons. The number of guanidine groups is 1. The molecule has 1 heterocycles. The standard InChI is InChI=1S/C17H31N5.HI/c1-14(9-10-15-7-5-4-6-8-15)21-17(18-2)19-13-16-11-12-20-22(16)3;/h11-12,14-15H,4-10,13H2,1-3H3,(H2,18,19,21);1H. The summed E-state index contributed by atoms with van der Waals surface area (Å²) in [5.74, 6) is 1.82. The van der Waals surface area contributed by atoms with Crippen molar-refractivity contribution in [2.45, 2.75) is 64.5 Å². The summed E-state index contributed by atoms with van der Waals surface area (Å²) in [6.07, 6.45) is 11.5. The Morgan fingerprint density at radius 1 is 1.39 bits per heavy atom. The van der Waals surface area contributed by atoms with Crippen LogP contribution in [0.4, 0.5) is 0 Å². The predicted octanol–water partition coefficient (Wildman–Crippen LogP) is 3.45. The third-order valence-corrected chi connectivity index (χ3v) is 4.70. The number of aliphatic imine (C=N–C) groups is 1. The Balaban J connectivity index is 0.00000264. The van der Waals surface area contributed by atoms with Crippen LogP contribution in [-0.2, 0) is 13.6 Å². The van der Waals surface area contributed by atoms with Gasteiger partial charge in [0, 0.05) is 26.3 Å². The lowest BCUT2D eigenvalue weighted by atomic mass is 9.85. The molecule has 2 rings (SSSR count). The molecule has 1 fully saturated rings. The Morgan fingerprint density at radius 2 is 2.13 bits per heavy atom. The van der Waals surface area contributed by atoms with E-state index in [2.05, 4.69) is 27.6 Å². The number of aromatic nitrogens is 2. The average Bonchev–Trinajstić information content (AvgIpc) is 2.95. The minimum Gasteiger partial charge on any atom is -0.354 e. The van der Waals surface area contributed by atoms with E-state index in [0.717, 1.165) is 24.1 Å². The monoisotopic (exact) mass is 433 g/mol. The topological polar surface area (TPSA) is 54.2 Å². The van der Waals surface area contributed by atoms with E-state index in [0.29, 0.717) is 6.04 Å². The van der Waals surface area contributed by atoms with Gasteiger partial charge in [-0.15, -0.1) is 24.0 Å². The Morgan fingerprint density at radius 3 is 2.74 bits per heavy atom. The average molecular weight is 433 g/mol. The van der Waals surface area contributed by atoms with Crippen LogP contribution in [0.15, 0.2) is 17.3 Å². The fraction of sp³-hybridized carbons (Fsp3) is 0.765. The second-order valence-electron chi connectivity index (χ2n) is 6.50. The van der Waals surface area contributed by atoms with Gasteiger partial charge in [-0.3, -0.25) is 9.67 Å². The molecule has 1 aliphatic rings. The minimum atomic E-state index is 0. The Labute approximate surface area is 157 Å². The third kappa shape index (κ3) is 7.10. The number of hydrogen-bond donors (Lipinski definition) is 2. The Bertz CT molecular complexity index is 465. The maximum absolute atomic E-state index is 4.32. The third-order valence-electron chi connectivity index (χ3n) is 4.70. The second-order valence-corrected chi connectivity index (χ2v) is 6.50. The number of rotatable bonds is 6. The van der Waals surface area contributed by atoms with Gasteiger partial charge in [0.15, 0.2) is 5.96 Å². The normalized spacial score (nSPS) is 17.4. The molecule has 1 aromatic heterocycles. The lowest BCUT2D eigenvalue weighted by Crippen LogP contribution is -2.42. The van der Waals surface area contributed by atoms with Crippen molar-refractivity contribution in [3.63, 3.8) is 0 Å². The van der Waals surface area contributed by atoms with Crippen LogP contribution in [0.2, 0.25) is 0 Å². The van der Waals surface area contributed by atoms with E-state index in [1.807, 2.05) is 31.0 Å². The molecular formula is C17H32IN5. The Hall–Kier alpha value is -0.790. The van der Waals surface area contributed by atoms with Crippen LogP contribution < -0.4 is 10.6 Å². The second kappa shape index (κ2) is 10.9. The van der Waals surface area contributed by atoms with Crippen molar-refractivity contribution in [3.8, 4) is 0 Å². The zero-order chi connectivity index (χ0) is 15.8. The van der Waals surface area contributed by atoms with E-state index in [1.54, 1.807) is 0 Å². The summed E-state index contributed by atoms with van der Waals surface area (Å²) in [5, 5.41) is 11.0. The van der Waals surface area contributed by atoms with Gasteiger partial charge in [0.1, 0.15) is 0 Å². The SMILES string of the molecule is CN=C(NCc1ccnn1C)NC(C)CCC1CCCCC1.I. The highest BCUT2D eigenvalue weighted by Gasteiger charge is 2.15. The van der Waals surface area contributed by atoms with Crippen LogP contribution in [0.3, 0.4) is 0 Å². The van der Waals surface area contributed by atoms with Gasteiger partial charge in [-0.2, -0.15) is 5.10 Å².